The second-order valence-electron chi connectivity index (χ2n) is 8.71. The number of benzene rings is 3. The lowest BCUT2D eigenvalue weighted by Crippen LogP contribution is -2.39. The molecule has 0 fully saturated rings. The standard InChI is InChI=1S/C28H35ClN2O2/c1-21(2)17-25(20-30-16-15-22-7-11-26(32-3)12-8-22)31-19-23-5-4-6-28(18-23)33-27-13-9-24(29)10-14-27/h4-14,18,21,25,30-31H,15-17,19-20H2,1-3H3. The average molecular weight is 467 g/mol. The van der Waals surface area contributed by atoms with Crippen LogP contribution in [0.15, 0.2) is 72.8 Å². The highest BCUT2D eigenvalue weighted by Crippen LogP contribution is 2.24. The van der Waals surface area contributed by atoms with E-state index >= 15 is 0 Å². The number of nitrogens with one attached hydrogen (secondary N) is 2. The highest BCUT2D eigenvalue weighted by Gasteiger charge is 2.11. The molecule has 0 radical (unpaired) electrons. The van der Waals surface area contributed by atoms with Gasteiger partial charge in [-0.15, -0.1) is 0 Å². The molecule has 0 heterocycles. The van der Waals surface area contributed by atoms with E-state index in [0.29, 0.717) is 17.0 Å². The maximum Gasteiger partial charge on any atom is 0.127 e. The number of hydrogen-bond donors (Lipinski definition) is 2. The highest BCUT2D eigenvalue weighted by atomic mass is 35.5. The number of halogens is 1. The van der Waals surface area contributed by atoms with E-state index < -0.39 is 0 Å². The zero-order chi connectivity index (χ0) is 23.5. The fourth-order valence-corrected chi connectivity index (χ4v) is 3.85. The summed E-state index contributed by atoms with van der Waals surface area (Å²) in [7, 11) is 1.70. The largest absolute Gasteiger partial charge is 0.497 e. The van der Waals surface area contributed by atoms with Gasteiger partial charge in [0.15, 0.2) is 0 Å². The van der Waals surface area contributed by atoms with Crippen molar-refractivity contribution < 1.29 is 9.47 Å². The van der Waals surface area contributed by atoms with Crippen molar-refractivity contribution in [2.75, 3.05) is 20.2 Å². The number of rotatable bonds is 13. The summed E-state index contributed by atoms with van der Waals surface area (Å²) in [5.74, 6) is 3.14. The Bertz CT molecular complexity index is 958. The quantitative estimate of drug-likeness (QED) is 0.283. The predicted molar refractivity (Wildman–Crippen MR) is 138 cm³/mol. The van der Waals surface area contributed by atoms with Crippen LogP contribution in [0.1, 0.15) is 31.4 Å². The molecule has 0 aromatic heterocycles. The first-order valence-electron chi connectivity index (χ1n) is 11.6. The first-order valence-corrected chi connectivity index (χ1v) is 12.0. The fraction of sp³-hybridized carbons (Fsp3) is 0.357. The Hall–Kier alpha value is -2.53. The van der Waals surface area contributed by atoms with Gasteiger partial charge in [0.1, 0.15) is 17.2 Å². The molecule has 0 bridgehead atoms. The van der Waals surface area contributed by atoms with E-state index in [0.717, 1.165) is 49.7 Å². The third-order valence-corrected chi connectivity index (χ3v) is 5.69. The molecule has 0 aliphatic heterocycles. The topological polar surface area (TPSA) is 42.5 Å². The summed E-state index contributed by atoms with van der Waals surface area (Å²) in [6.45, 7) is 7.23. The zero-order valence-corrected chi connectivity index (χ0v) is 20.6. The van der Waals surface area contributed by atoms with Crippen LogP contribution in [-0.2, 0) is 13.0 Å². The van der Waals surface area contributed by atoms with E-state index in [9.17, 15) is 0 Å². The van der Waals surface area contributed by atoms with Gasteiger partial charge in [-0.05, 0) is 85.0 Å². The van der Waals surface area contributed by atoms with E-state index in [-0.39, 0.29) is 0 Å². The summed E-state index contributed by atoms with van der Waals surface area (Å²) in [6.07, 6.45) is 2.12. The van der Waals surface area contributed by atoms with Gasteiger partial charge in [0.25, 0.3) is 0 Å². The van der Waals surface area contributed by atoms with Crippen molar-refractivity contribution in [1.29, 1.82) is 0 Å². The van der Waals surface area contributed by atoms with Gasteiger partial charge in [-0.1, -0.05) is 49.7 Å². The fourth-order valence-electron chi connectivity index (χ4n) is 3.73. The van der Waals surface area contributed by atoms with Crippen LogP contribution in [0.5, 0.6) is 17.2 Å². The second kappa shape index (κ2) is 13.2. The van der Waals surface area contributed by atoms with Crippen molar-refractivity contribution in [3.05, 3.63) is 88.9 Å². The molecule has 3 aromatic rings. The Morgan fingerprint density at radius 3 is 2.27 bits per heavy atom. The molecular formula is C28H35ClN2O2. The van der Waals surface area contributed by atoms with Crippen LogP contribution in [0.3, 0.4) is 0 Å². The molecule has 0 aliphatic rings. The van der Waals surface area contributed by atoms with Gasteiger partial charge in [0.2, 0.25) is 0 Å². The summed E-state index contributed by atoms with van der Waals surface area (Å²) in [5, 5.41) is 8.05. The van der Waals surface area contributed by atoms with Crippen LogP contribution in [-0.4, -0.2) is 26.2 Å². The molecule has 176 valence electrons. The van der Waals surface area contributed by atoms with Crippen LogP contribution in [0.2, 0.25) is 5.02 Å². The summed E-state index contributed by atoms with van der Waals surface area (Å²) in [5.41, 5.74) is 2.52. The van der Waals surface area contributed by atoms with Gasteiger partial charge in [-0.3, -0.25) is 0 Å². The molecule has 0 amide bonds. The third kappa shape index (κ3) is 9.09. The third-order valence-electron chi connectivity index (χ3n) is 5.44. The molecule has 4 nitrogen and oxygen atoms in total. The minimum atomic E-state index is 0.404. The van der Waals surface area contributed by atoms with Crippen LogP contribution in [0.4, 0.5) is 0 Å². The van der Waals surface area contributed by atoms with E-state index in [1.807, 2.05) is 48.5 Å². The summed E-state index contributed by atoms with van der Waals surface area (Å²) >= 11 is 5.96. The summed E-state index contributed by atoms with van der Waals surface area (Å²) in [4.78, 5) is 0. The van der Waals surface area contributed by atoms with Crippen LogP contribution in [0, 0.1) is 5.92 Å². The Labute approximate surface area is 203 Å². The number of ether oxygens (including phenoxy) is 2. The first kappa shape index (κ1) is 25.1. The Kier molecular flexibility index (Phi) is 10.1. The van der Waals surface area contributed by atoms with Crippen LogP contribution in [0.25, 0.3) is 0 Å². The maximum atomic E-state index is 5.97. The molecule has 0 spiro atoms. The van der Waals surface area contributed by atoms with E-state index in [2.05, 4.69) is 48.7 Å². The lowest BCUT2D eigenvalue weighted by molar-refractivity contribution is 0.397. The van der Waals surface area contributed by atoms with Gasteiger partial charge in [-0.2, -0.15) is 0 Å². The van der Waals surface area contributed by atoms with Crippen molar-refractivity contribution in [2.45, 2.75) is 39.3 Å². The molecular weight excluding hydrogens is 432 g/mol. The normalized spacial score (nSPS) is 12.0. The first-order chi connectivity index (χ1) is 16.0. The summed E-state index contributed by atoms with van der Waals surface area (Å²) < 4.78 is 11.2. The molecule has 1 atom stereocenters. The lowest BCUT2D eigenvalue weighted by atomic mass is 10.0. The van der Waals surface area contributed by atoms with Gasteiger partial charge in [0.05, 0.1) is 7.11 Å². The molecule has 2 N–H and O–H groups in total. The van der Waals surface area contributed by atoms with E-state index in [1.165, 1.54) is 11.1 Å². The molecule has 5 heteroatoms. The average Bonchev–Trinajstić information content (AvgIpc) is 2.82. The Morgan fingerprint density at radius 2 is 1.58 bits per heavy atom. The minimum Gasteiger partial charge on any atom is -0.497 e. The van der Waals surface area contributed by atoms with Gasteiger partial charge < -0.3 is 20.1 Å². The number of methoxy groups -OCH3 is 1. The highest BCUT2D eigenvalue weighted by molar-refractivity contribution is 6.30. The van der Waals surface area contributed by atoms with Crippen molar-refractivity contribution in [3.8, 4) is 17.2 Å². The van der Waals surface area contributed by atoms with E-state index in [1.54, 1.807) is 7.11 Å². The lowest BCUT2D eigenvalue weighted by Gasteiger charge is -2.21. The van der Waals surface area contributed by atoms with E-state index in [4.69, 9.17) is 21.1 Å². The molecule has 0 saturated carbocycles. The van der Waals surface area contributed by atoms with Crippen molar-refractivity contribution >= 4 is 11.6 Å². The SMILES string of the molecule is COc1ccc(CCNCC(CC(C)C)NCc2cccc(Oc3ccc(Cl)cc3)c2)cc1. The molecule has 3 aromatic carbocycles. The van der Waals surface area contributed by atoms with Gasteiger partial charge in [-0.25, -0.2) is 0 Å². The van der Waals surface area contributed by atoms with Crippen molar-refractivity contribution in [3.63, 3.8) is 0 Å². The second-order valence-corrected chi connectivity index (χ2v) is 9.15. The van der Waals surface area contributed by atoms with Gasteiger partial charge in [0, 0.05) is 24.2 Å². The predicted octanol–water partition coefficient (Wildman–Crippen LogP) is 6.48. The number of hydrogen-bond acceptors (Lipinski definition) is 4. The van der Waals surface area contributed by atoms with Crippen molar-refractivity contribution in [1.82, 2.24) is 10.6 Å². The van der Waals surface area contributed by atoms with Gasteiger partial charge >= 0.3 is 0 Å². The van der Waals surface area contributed by atoms with Crippen molar-refractivity contribution in [2.24, 2.45) is 5.92 Å². The maximum absolute atomic E-state index is 5.97. The molecule has 3 rings (SSSR count). The Balaban J connectivity index is 1.47. The zero-order valence-electron chi connectivity index (χ0n) is 19.8. The molecule has 0 saturated heterocycles. The van der Waals surface area contributed by atoms with Crippen LogP contribution >= 0.6 is 11.6 Å². The Morgan fingerprint density at radius 1 is 0.848 bits per heavy atom. The monoisotopic (exact) mass is 466 g/mol. The minimum absolute atomic E-state index is 0.404. The van der Waals surface area contributed by atoms with Crippen LogP contribution < -0.4 is 20.1 Å². The molecule has 0 aliphatic carbocycles. The summed E-state index contributed by atoms with van der Waals surface area (Å²) in [6, 6.07) is 24.3. The smallest absolute Gasteiger partial charge is 0.127 e. The molecule has 33 heavy (non-hydrogen) atoms. The molecule has 1 unspecified atom stereocenters.